The Balaban J connectivity index is 1.54. The molecule has 0 spiro atoms. The number of ether oxygens (including phenoxy) is 2. The zero-order valence-corrected chi connectivity index (χ0v) is 25.9. The maximum Gasteiger partial charge on any atom is 0.471 e. The Morgan fingerprint density at radius 1 is 0.913 bits per heavy atom. The second-order valence-electron chi connectivity index (χ2n) is 11.0. The lowest BCUT2D eigenvalue weighted by molar-refractivity contribution is -0.170. The van der Waals surface area contributed by atoms with Crippen LogP contribution in [0.5, 0.6) is 11.5 Å². The van der Waals surface area contributed by atoms with Gasteiger partial charge in [0.1, 0.15) is 18.1 Å². The molecule has 240 valence electrons. The number of methoxy groups -OCH3 is 1. The zero-order chi connectivity index (χ0) is 32.8. The van der Waals surface area contributed by atoms with Crippen molar-refractivity contribution in [2.24, 2.45) is 0 Å². The minimum absolute atomic E-state index is 0.00766. The van der Waals surface area contributed by atoms with Crippen molar-refractivity contribution >= 4 is 23.1 Å². The molecule has 1 amide bonds. The number of nitrogens with one attached hydrogen (secondary N) is 2. The van der Waals surface area contributed by atoms with Gasteiger partial charge in [0.2, 0.25) is 0 Å². The van der Waals surface area contributed by atoms with Gasteiger partial charge in [-0.15, -0.1) is 0 Å². The number of anilines is 2. The molecule has 10 heteroatoms. The first-order valence-electron chi connectivity index (χ1n) is 15.2. The van der Waals surface area contributed by atoms with Gasteiger partial charge in [0.05, 0.1) is 18.8 Å². The lowest BCUT2D eigenvalue weighted by atomic mass is 9.94. The summed E-state index contributed by atoms with van der Waals surface area (Å²) in [6.07, 6.45) is -4.15. The molecule has 46 heavy (non-hydrogen) atoms. The van der Waals surface area contributed by atoms with E-state index in [1.807, 2.05) is 54.6 Å². The van der Waals surface area contributed by atoms with Crippen molar-refractivity contribution in [2.45, 2.75) is 45.1 Å². The molecule has 2 atom stereocenters. The molecule has 1 aliphatic rings. The van der Waals surface area contributed by atoms with Crippen molar-refractivity contribution in [2.75, 3.05) is 30.4 Å². The maximum atomic E-state index is 14.1. The molecule has 7 nitrogen and oxygen atoms in total. The number of alkyl halides is 3. The number of rotatable bonds is 10. The minimum Gasteiger partial charge on any atom is -0.495 e. The van der Waals surface area contributed by atoms with Gasteiger partial charge in [-0.05, 0) is 54.8 Å². The van der Waals surface area contributed by atoms with Gasteiger partial charge >= 0.3 is 12.1 Å². The molecule has 1 aliphatic heterocycles. The van der Waals surface area contributed by atoms with Crippen molar-refractivity contribution in [1.82, 2.24) is 5.32 Å². The summed E-state index contributed by atoms with van der Waals surface area (Å²) < 4.78 is 51.7. The lowest BCUT2D eigenvalue weighted by Gasteiger charge is -2.24. The quantitative estimate of drug-likeness (QED) is 0.176. The minimum atomic E-state index is -5.04. The fourth-order valence-electron chi connectivity index (χ4n) is 5.58. The molecule has 0 saturated heterocycles. The van der Waals surface area contributed by atoms with Crippen LogP contribution in [0.2, 0.25) is 0 Å². The molecular weight excluding hydrogens is 595 g/mol. The van der Waals surface area contributed by atoms with E-state index in [2.05, 4.69) is 17.6 Å². The highest BCUT2D eigenvalue weighted by atomic mass is 19.4. The summed E-state index contributed by atoms with van der Waals surface area (Å²) in [6, 6.07) is 26.7. The number of benzene rings is 4. The molecule has 4 aromatic carbocycles. The Labute approximate surface area is 266 Å². The zero-order valence-electron chi connectivity index (χ0n) is 25.9. The van der Waals surface area contributed by atoms with E-state index in [4.69, 9.17) is 9.47 Å². The van der Waals surface area contributed by atoms with Gasteiger partial charge in [-0.3, -0.25) is 9.59 Å². The largest absolute Gasteiger partial charge is 0.495 e. The molecule has 0 bridgehead atoms. The Bertz CT molecular complexity index is 1690. The van der Waals surface area contributed by atoms with Crippen LogP contribution in [0.1, 0.15) is 47.8 Å². The Morgan fingerprint density at radius 2 is 1.65 bits per heavy atom. The maximum absolute atomic E-state index is 14.1. The molecule has 0 aliphatic carbocycles. The second kappa shape index (κ2) is 14.1. The van der Waals surface area contributed by atoms with Gasteiger partial charge in [0.15, 0.2) is 5.78 Å². The number of carbonyl (C=O) groups excluding carboxylic acids is 2. The fraction of sp³-hybridized carbons (Fsp3) is 0.278. The molecule has 0 saturated carbocycles. The number of ketones is 1. The summed E-state index contributed by atoms with van der Waals surface area (Å²) in [5.74, 6) is -1.61. The van der Waals surface area contributed by atoms with Gasteiger partial charge in [0.25, 0.3) is 0 Å². The third-order valence-corrected chi connectivity index (χ3v) is 8.04. The van der Waals surface area contributed by atoms with Crippen molar-refractivity contribution in [3.05, 3.63) is 108 Å². The highest BCUT2D eigenvalue weighted by Gasteiger charge is 2.43. The number of Topliss-reactive ketones (excluding diaryl/α,β-unsaturated/α-hetero) is 1. The summed E-state index contributed by atoms with van der Waals surface area (Å²) >= 11 is 0. The van der Waals surface area contributed by atoms with Crippen LogP contribution in [-0.4, -0.2) is 44.1 Å². The topological polar surface area (TPSA) is 79.9 Å². The van der Waals surface area contributed by atoms with E-state index in [1.165, 1.54) is 20.1 Å². The predicted molar refractivity (Wildman–Crippen MR) is 173 cm³/mol. The SMILES string of the molecule is CC[C@H]1CNC(C(=O)c2ccc(-c3ccc(N(CC)C(=O)C(F)(F)F)c(OC)c3)c(OCc3ccccc3)c2)c2ccccc2N1. The molecule has 4 aromatic rings. The number of hydrogen-bond acceptors (Lipinski definition) is 6. The van der Waals surface area contributed by atoms with Gasteiger partial charge in [-0.1, -0.05) is 67.6 Å². The van der Waals surface area contributed by atoms with Crippen LogP contribution in [0, 0.1) is 0 Å². The number of halogens is 3. The second-order valence-corrected chi connectivity index (χ2v) is 11.0. The van der Waals surface area contributed by atoms with Crippen LogP contribution in [0.4, 0.5) is 24.5 Å². The standard InChI is InChI=1S/C36H36F3N3O4/c1-4-26-21-40-33(28-13-9-10-14-29(28)41-26)34(43)25-15-17-27(31(20-25)46-22-23-11-7-6-8-12-23)24-16-18-30(32(19-24)45-3)42(5-2)35(44)36(37,38)39/h6-20,26,33,40-41H,4-5,21-22H2,1-3H3/t26-,33?/m0/s1. The molecule has 2 N–H and O–H groups in total. The molecule has 1 heterocycles. The fourth-order valence-corrected chi connectivity index (χ4v) is 5.58. The van der Waals surface area contributed by atoms with E-state index in [-0.39, 0.29) is 36.4 Å². The Kier molecular flexibility index (Phi) is 9.96. The highest BCUT2D eigenvalue weighted by molar-refractivity contribution is 6.03. The van der Waals surface area contributed by atoms with Crippen LogP contribution in [-0.2, 0) is 11.4 Å². The van der Waals surface area contributed by atoms with Crippen LogP contribution >= 0.6 is 0 Å². The molecule has 0 fully saturated rings. The van der Waals surface area contributed by atoms with Crippen molar-refractivity contribution in [3.8, 4) is 22.6 Å². The molecule has 1 unspecified atom stereocenters. The smallest absolute Gasteiger partial charge is 0.471 e. The number of fused-ring (bicyclic) bond motifs is 1. The monoisotopic (exact) mass is 631 g/mol. The number of hydrogen-bond donors (Lipinski definition) is 2. The van der Waals surface area contributed by atoms with Gasteiger partial charge in [-0.2, -0.15) is 13.2 Å². The average molecular weight is 632 g/mol. The van der Waals surface area contributed by atoms with Gasteiger partial charge < -0.3 is 25.0 Å². The van der Waals surface area contributed by atoms with Crippen molar-refractivity contribution in [3.63, 3.8) is 0 Å². The summed E-state index contributed by atoms with van der Waals surface area (Å²) in [5.41, 5.74) is 4.28. The number of nitrogens with zero attached hydrogens (tertiary/aromatic N) is 1. The van der Waals surface area contributed by atoms with Crippen LogP contribution in [0.25, 0.3) is 11.1 Å². The Hall–Kier alpha value is -4.83. The molecule has 5 rings (SSSR count). The van der Waals surface area contributed by atoms with E-state index < -0.39 is 18.1 Å². The summed E-state index contributed by atoms with van der Waals surface area (Å²) in [7, 11) is 1.33. The first-order chi connectivity index (χ1) is 22.1. The summed E-state index contributed by atoms with van der Waals surface area (Å²) in [6.45, 7) is 4.17. The first kappa shape index (κ1) is 32.6. The summed E-state index contributed by atoms with van der Waals surface area (Å²) in [5, 5.41) is 6.97. The first-order valence-corrected chi connectivity index (χ1v) is 15.2. The third kappa shape index (κ3) is 7.02. The number of para-hydroxylation sites is 1. The molecule has 0 aromatic heterocycles. The number of amides is 1. The molecule has 0 radical (unpaired) electrons. The van der Waals surface area contributed by atoms with E-state index >= 15 is 0 Å². The third-order valence-electron chi connectivity index (χ3n) is 8.04. The summed E-state index contributed by atoms with van der Waals surface area (Å²) in [4.78, 5) is 26.9. The van der Waals surface area contributed by atoms with Crippen LogP contribution in [0.3, 0.4) is 0 Å². The van der Waals surface area contributed by atoms with E-state index in [0.29, 0.717) is 33.9 Å². The van der Waals surface area contributed by atoms with Crippen LogP contribution in [0.15, 0.2) is 91.0 Å². The average Bonchev–Trinajstić information content (AvgIpc) is 3.27. The van der Waals surface area contributed by atoms with Gasteiger partial charge in [-0.25, -0.2) is 0 Å². The normalized spacial score (nSPS) is 16.0. The van der Waals surface area contributed by atoms with Crippen molar-refractivity contribution < 1.29 is 32.2 Å². The number of carbonyl (C=O) groups is 2. The van der Waals surface area contributed by atoms with E-state index in [0.717, 1.165) is 23.2 Å². The van der Waals surface area contributed by atoms with E-state index in [1.54, 1.807) is 30.3 Å². The lowest BCUT2D eigenvalue weighted by Crippen LogP contribution is -2.41. The van der Waals surface area contributed by atoms with Crippen LogP contribution < -0.4 is 25.0 Å². The predicted octanol–water partition coefficient (Wildman–Crippen LogP) is 7.57. The Morgan fingerprint density at radius 3 is 2.35 bits per heavy atom. The highest BCUT2D eigenvalue weighted by Crippen LogP contribution is 2.39. The van der Waals surface area contributed by atoms with Gasteiger partial charge in [0, 0.05) is 41.5 Å². The molecular formula is C36H36F3N3O4. The van der Waals surface area contributed by atoms with Crippen molar-refractivity contribution in [1.29, 1.82) is 0 Å². The van der Waals surface area contributed by atoms with E-state index in [9.17, 15) is 22.8 Å².